The summed E-state index contributed by atoms with van der Waals surface area (Å²) in [4.78, 5) is 1.13. The zero-order chi connectivity index (χ0) is 11.1. The maximum atomic E-state index is 9.80. The molecule has 0 heterocycles. The molecule has 0 saturated heterocycles. The van der Waals surface area contributed by atoms with Gasteiger partial charge in [0.2, 0.25) is 0 Å². The van der Waals surface area contributed by atoms with Crippen molar-refractivity contribution in [2.24, 2.45) is 0 Å². The van der Waals surface area contributed by atoms with Crippen LogP contribution in [0.4, 0.5) is 0 Å². The highest BCUT2D eigenvalue weighted by Gasteiger charge is 2.09. The van der Waals surface area contributed by atoms with Crippen LogP contribution in [0.5, 0.6) is 0 Å². The lowest BCUT2D eigenvalue weighted by molar-refractivity contribution is 0.171. The highest BCUT2D eigenvalue weighted by molar-refractivity contribution is 7.99. The molecule has 15 heavy (non-hydrogen) atoms. The first-order valence-electron chi connectivity index (χ1n) is 5.30. The summed E-state index contributed by atoms with van der Waals surface area (Å²) < 4.78 is 0. The highest BCUT2D eigenvalue weighted by atomic mass is 32.2. The number of thioether (sulfide) groups is 1. The molecule has 0 aliphatic carbocycles. The first-order valence-corrected chi connectivity index (χ1v) is 6.28. The lowest BCUT2D eigenvalue weighted by Gasteiger charge is -2.13. The van der Waals surface area contributed by atoms with E-state index in [1.165, 1.54) is 0 Å². The standard InChI is InChI=1S/C12H18O2S/c1-2-11(14)10-6-3-4-7-12(10)15-9-5-8-13/h3-4,6-7,11,13-14H,2,5,8-9H2,1H3. The SMILES string of the molecule is CCC(O)c1ccccc1SCCCO. The molecular formula is C12H18O2S. The average molecular weight is 226 g/mol. The smallest absolute Gasteiger partial charge is 0.0798 e. The fourth-order valence-corrected chi connectivity index (χ4v) is 2.39. The summed E-state index contributed by atoms with van der Waals surface area (Å²) in [5.41, 5.74) is 1.00. The molecule has 0 aromatic heterocycles. The molecule has 1 aromatic rings. The second-order valence-electron chi connectivity index (χ2n) is 3.39. The van der Waals surface area contributed by atoms with E-state index in [0.717, 1.165) is 29.1 Å². The van der Waals surface area contributed by atoms with Gasteiger partial charge >= 0.3 is 0 Å². The van der Waals surface area contributed by atoms with Gasteiger partial charge in [-0.1, -0.05) is 25.1 Å². The minimum atomic E-state index is -0.372. The topological polar surface area (TPSA) is 40.5 Å². The number of aliphatic hydroxyl groups is 2. The lowest BCUT2D eigenvalue weighted by atomic mass is 10.1. The van der Waals surface area contributed by atoms with Crippen LogP contribution >= 0.6 is 11.8 Å². The van der Waals surface area contributed by atoms with Crippen molar-refractivity contribution >= 4 is 11.8 Å². The molecule has 1 rings (SSSR count). The fraction of sp³-hybridized carbons (Fsp3) is 0.500. The summed E-state index contributed by atoms with van der Waals surface area (Å²) in [5.74, 6) is 0.893. The second-order valence-corrected chi connectivity index (χ2v) is 4.52. The fourth-order valence-electron chi connectivity index (χ4n) is 1.35. The molecule has 0 fully saturated rings. The van der Waals surface area contributed by atoms with Gasteiger partial charge in [0.1, 0.15) is 0 Å². The van der Waals surface area contributed by atoms with Gasteiger partial charge in [-0.25, -0.2) is 0 Å². The predicted octanol–water partition coefficient (Wildman–Crippen LogP) is 2.60. The first kappa shape index (κ1) is 12.6. The van der Waals surface area contributed by atoms with Crippen molar-refractivity contribution in [1.29, 1.82) is 0 Å². The van der Waals surface area contributed by atoms with E-state index in [0.29, 0.717) is 0 Å². The molecule has 0 aliphatic heterocycles. The van der Waals surface area contributed by atoms with Gasteiger partial charge in [0.05, 0.1) is 6.10 Å². The zero-order valence-corrected chi connectivity index (χ0v) is 9.83. The molecule has 0 spiro atoms. The predicted molar refractivity (Wildman–Crippen MR) is 64.1 cm³/mol. The third kappa shape index (κ3) is 3.86. The Kier molecular flexibility index (Phi) is 5.76. The van der Waals surface area contributed by atoms with Crippen LogP contribution in [0.3, 0.4) is 0 Å². The van der Waals surface area contributed by atoms with E-state index in [-0.39, 0.29) is 12.7 Å². The monoisotopic (exact) mass is 226 g/mol. The van der Waals surface area contributed by atoms with E-state index in [1.54, 1.807) is 11.8 Å². The Hall–Kier alpha value is -0.510. The van der Waals surface area contributed by atoms with Gasteiger partial charge < -0.3 is 10.2 Å². The van der Waals surface area contributed by atoms with Crippen LogP contribution < -0.4 is 0 Å². The Morgan fingerprint density at radius 2 is 2.07 bits per heavy atom. The van der Waals surface area contributed by atoms with Crippen LogP contribution in [0.15, 0.2) is 29.2 Å². The number of hydrogen-bond acceptors (Lipinski definition) is 3. The molecule has 1 atom stereocenters. The molecule has 1 aromatic carbocycles. The van der Waals surface area contributed by atoms with Gasteiger partial charge in [-0.2, -0.15) is 0 Å². The quantitative estimate of drug-likeness (QED) is 0.578. The second kappa shape index (κ2) is 6.88. The average Bonchev–Trinajstić information content (AvgIpc) is 2.29. The number of benzene rings is 1. The summed E-state index contributed by atoms with van der Waals surface area (Å²) in [7, 11) is 0. The molecule has 0 amide bonds. The van der Waals surface area contributed by atoms with E-state index in [9.17, 15) is 5.11 Å². The van der Waals surface area contributed by atoms with E-state index in [4.69, 9.17) is 5.11 Å². The van der Waals surface area contributed by atoms with Crippen LogP contribution in [0, 0.1) is 0 Å². The van der Waals surface area contributed by atoms with Crippen molar-refractivity contribution in [3.8, 4) is 0 Å². The van der Waals surface area contributed by atoms with E-state index in [2.05, 4.69) is 0 Å². The van der Waals surface area contributed by atoms with Gasteiger partial charge in [0.15, 0.2) is 0 Å². The van der Waals surface area contributed by atoms with Crippen LogP contribution in [0.1, 0.15) is 31.4 Å². The van der Waals surface area contributed by atoms with Crippen molar-refractivity contribution in [1.82, 2.24) is 0 Å². The summed E-state index contributed by atoms with van der Waals surface area (Å²) >= 11 is 1.70. The maximum absolute atomic E-state index is 9.80. The molecule has 1 unspecified atom stereocenters. The molecule has 0 radical (unpaired) electrons. The third-order valence-electron chi connectivity index (χ3n) is 2.22. The minimum absolute atomic E-state index is 0.228. The van der Waals surface area contributed by atoms with Crippen LogP contribution in [0.25, 0.3) is 0 Å². The number of rotatable bonds is 6. The number of hydrogen-bond donors (Lipinski definition) is 2. The molecule has 3 heteroatoms. The van der Waals surface area contributed by atoms with Crippen molar-refractivity contribution in [3.63, 3.8) is 0 Å². The Morgan fingerprint density at radius 3 is 2.73 bits per heavy atom. The Balaban J connectivity index is 2.68. The van der Waals surface area contributed by atoms with Crippen LogP contribution in [0.2, 0.25) is 0 Å². The molecule has 0 saturated carbocycles. The van der Waals surface area contributed by atoms with Gasteiger partial charge in [-0.3, -0.25) is 0 Å². The van der Waals surface area contributed by atoms with Crippen molar-refractivity contribution in [2.45, 2.75) is 30.8 Å². The summed E-state index contributed by atoms with van der Waals surface area (Å²) in [5, 5.41) is 18.5. The summed E-state index contributed by atoms with van der Waals surface area (Å²) in [6, 6.07) is 7.92. The Morgan fingerprint density at radius 1 is 1.33 bits per heavy atom. The minimum Gasteiger partial charge on any atom is -0.396 e. The molecular weight excluding hydrogens is 208 g/mol. The largest absolute Gasteiger partial charge is 0.396 e. The van der Waals surface area contributed by atoms with E-state index >= 15 is 0 Å². The Labute approximate surface area is 95.3 Å². The maximum Gasteiger partial charge on any atom is 0.0798 e. The lowest BCUT2D eigenvalue weighted by Crippen LogP contribution is -1.97. The van der Waals surface area contributed by atoms with Gasteiger partial charge in [0, 0.05) is 17.3 Å². The molecule has 0 aliphatic rings. The van der Waals surface area contributed by atoms with Crippen molar-refractivity contribution < 1.29 is 10.2 Å². The van der Waals surface area contributed by atoms with Crippen molar-refractivity contribution in [2.75, 3.05) is 12.4 Å². The Bertz CT molecular complexity index is 289. The third-order valence-corrected chi connectivity index (χ3v) is 3.40. The highest BCUT2D eigenvalue weighted by Crippen LogP contribution is 2.29. The van der Waals surface area contributed by atoms with Gasteiger partial charge in [-0.15, -0.1) is 11.8 Å². The van der Waals surface area contributed by atoms with Gasteiger partial charge in [-0.05, 0) is 24.5 Å². The van der Waals surface area contributed by atoms with Crippen molar-refractivity contribution in [3.05, 3.63) is 29.8 Å². The van der Waals surface area contributed by atoms with E-state index < -0.39 is 0 Å². The summed E-state index contributed by atoms with van der Waals surface area (Å²) in [6.45, 7) is 2.20. The molecule has 2 nitrogen and oxygen atoms in total. The normalized spacial score (nSPS) is 12.7. The zero-order valence-electron chi connectivity index (χ0n) is 9.02. The van der Waals surface area contributed by atoms with Crippen LogP contribution in [-0.4, -0.2) is 22.6 Å². The van der Waals surface area contributed by atoms with E-state index in [1.807, 2.05) is 31.2 Å². The first-order chi connectivity index (χ1) is 7.29. The van der Waals surface area contributed by atoms with Gasteiger partial charge in [0.25, 0.3) is 0 Å². The molecule has 0 bridgehead atoms. The molecule has 2 N–H and O–H groups in total. The molecule has 84 valence electrons. The summed E-state index contributed by atoms with van der Waals surface area (Å²) in [6.07, 6.45) is 1.15. The van der Waals surface area contributed by atoms with Crippen LogP contribution in [-0.2, 0) is 0 Å². The number of aliphatic hydroxyl groups excluding tert-OH is 2.